The average molecular weight is 344 g/mol. The number of rotatable bonds is 5. The molecule has 1 aromatic heterocycles. The highest BCUT2D eigenvalue weighted by Gasteiger charge is 2.33. The highest BCUT2D eigenvalue weighted by molar-refractivity contribution is 7.10. The molecule has 1 fully saturated rings. The van der Waals surface area contributed by atoms with E-state index in [1.807, 2.05) is 48.7 Å². The first-order valence-corrected chi connectivity index (χ1v) is 8.75. The number of morpholine rings is 1. The van der Waals surface area contributed by atoms with E-state index in [0.29, 0.717) is 13.1 Å². The first kappa shape index (κ1) is 16.7. The maximum absolute atomic E-state index is 12.6. The Morgan fingerprint density at radius 1 is 1.33 bits per heavy atom. The smallest absolute Gasteiger partial charge is 0.249 e. The van der Waals surface area contributed by atoms with Crippen LogP contribution in [0.25, 0.3) is 0 Å². The van der Waals surface area contributed by atoms with Crippen molar-refractivity contribution in [2.24, 2.45) is 0 Å². The van der Waals surface area contributed by atoms with Crippen LogP contribution in [0, 0.1) is 6.92 Å². The van der Waals surface area contributed by atoms with E-state index in [9.17, 15) is 9.59 Å². The predicted molar refractivity (Wildman–Crippen MR) is 92.5 cm³/mol. The van der Waals surface area contributed by atoms with Crippen LogP contribution < -0.4 is 5.32 Å². The normalized spacial score (nSPS) is 17.8. The van der Waals surface area contributed by atoms with Gasteiger partial charge in [0, 0.05) is 11.4 Å². The lowest BCUT2D eigenvalue weighted by Gasteiger charge is -2.34. The van der Waals surface area contributed by atoms with Crippen LogP contribution in [0.15, 0.2) is 41.8 Å². The molecule has 24 heavy (non-hydrogen) atoms. The lowest BCUT2D eigenvalue weighted by atomic mass is 10.1. The summed E-state index contributed by atoms with van der Waals surface area (Å²) in [6.45, 7) is 3.17. The highest BCUT2D eigenvalue weighted by Crippen LogP contribution is 2.17. The third-order valence-corrected chi connectivity index (χ3v) is 5.11. The second-order valence-corrected chi connectivity index (χ2v) is 6.78. The number of nitrogens with zero attached hydrogens (tertiary/aromatic N) is 1. The molecule has 1 aromatic carbocycles. The van der Waals surface area contributed by atoms with Gasteiger partial charge in [0.1, 0.15) is 12.6 Å². The standard InChI is InChI=1S/C18H20N2O3S/c1-13-7-8-24-16(13)9-19-18(22)15-11-23-12-17(21)20(15)10-14-5-3-2-4-6-14/h2-8,15H,9-12H2,1H3,(H,19,22)/t15-/m0/s1. The molecule has 0 saturated carbocycles. The van der Waals surface area contributed by atoms with E-state index in [0.717, 1.165) is 16.0 Å². The van der Waals surface area contributed by atoms with Gasteiger partial charge in [0.2, 0.25) is 11.8 Å². The highest BCUT2D eigenvalue weighted by atomic mass is 32.1. The predicted octanol–water partition coefficient (Wildman–Crippen LogP) is 2.10. The molecule has 0 spiro atoms. The summed E-state index contributed by atoms with van der Waals surface area (Å²) in [5.74, 6) is -0.329. The lowest BCUT2D eigenvalue weighted by molar-refractivity contribution is -0.155. The molecule has 0 radical (unpaired) electrons. The molecule has 5 nitrogen and oxygen atoms in total. The third kappa shape index (κ3) is 3.83. The molecule has 1 atom stereocenters. The fourth-order valence-corrected chi connectivity index (χ4v) is 3.52. The van der Waals surface area contributed by atoms with Crippen LogP contribution in [0.2, 0.25) is 0 Å². The Morgan fingerprint density at radius 3 is 2.83 bits per heavy atom. The molecule has 6 heteroatoms. The Balaban J connectivity index is 1.67. The monoisotopic (exact) mass is 344 g/mol. The van der Waals surface area contributed by atoms with Gasteiger partial charge in [0.05, 0.1) is 13.2 Å². The van der Waals surface area contributed by atoms with Crippen LogP contribution in [0.4, 0.5) is 0 Å². The van der Waals surface area contributed by atoms with Crippen molar-refractivity contribution in [2.45, 2.75) is 26.1 Å². The van der Waals surface area contributed by atoms with Gasteiger partial charge in [0.25, 0.3) is 0 Å². The summed E-state index contributed by atoms with van der Waals surface area (Å²) in [6, 6.07) is 11.1. The molecular formula is C18H20N2O3S. The van der Waals surface area contributed by atoms with E-state index in [2.05, 4.69) is 5.32 Å². The van der Waals surface area contributed by atoms with E-state index >= 15 is 0 Å². The number of benzene rings is 1. The number of carbonyl (C=O) groups is 2. The van der Waals surface area contributed by atoms with Crippen LogP contribution in [0.5, 0.6) is 0 Å². The van der Waals surface area contributed by atoms with Crippen molar-refractivity contribution in [1.29, 1.82) is 0 Å². The van der Waals surface area contributed by atoms with Gasteiger partial charge in [-0.05, 0) is 29.5 Å². The largest absolute Gasteiger partial charge is 0.369 e. The fourth-order valence-electron chi connectivity index (χ4n) is 2.67. The van der Waals surface area contributed by atoms with Gasteiger partial charge in [-0.25, -0.2) is 0 Å². The zero-order valence-electron chi connectivity index (χ0n) is 13.5. The Morgan fingerprint density at radius 2 is 2.12 bits per heavy atom. The molecule has 0 unspecified atom stereocenters. The van der Waals surface area contributed by atoms with Gasteiger partial charge >= 0.3 is 0 Å². The zero-order chi connectivity index (χ0) is 16.9. The molecule has 2 amide bonds. The van der Waals surface area contributed by atoms with E-state index in [1.54, 1.807) is 16.2 Å². The second kappa shape index (κ2) is 7.59. The SMILES string of the molecule is Cc1ccsc1CNC(=O)[C@@H]1COCC(=O)N1Cc1ccccc1. The molecule has 3 rings (SSSR count). The first-order chi connectivity index (χ1) is 11.6. The lowest BCUT2D eigenvalue weighted by Crippen LogP contribution is -2.55. The van der Waals surface area contributed by atoms with Crippen LogP contribution in [0.3, 0.4) is 0 Å². The van der Waals surface area contributed by atoms with Gasteiger partial charge in [-0.2, -0.15) is 0 Å². The van der Waals surface area contributed by atoms with Crippen molar-refractivity contribution in [3.05, 3.63) is 57.8 Å². The van der Waals surface area contributed by atoms with E-state index in [-0.39, 0.29) is 25.0 Å². The molecule has 2 heterocycles. The van der Waals surface area contributed by atoms with E-state index in [4.69, 9.17) is 4.74 Å². The van der Waals surface area contributed by atoms with E-state index < -0.39 is 6.04 Å². The minimum absolute atomic E-state index is 0.0284. The summed E-state index contributed by atoms with van der Waals surface area (Å²) in [5, 5.41) is 4.94. The fraction of sp³-hybridized carbons (Fsp3) is 0.333. The quantitative estimate of drug-likeness (QED) is 0.904. The Kier molecular flexibility index (Phi) is 5.27. The average Bonchev–Trinajstić information content (AvgIpc) is 3.00. The number of amides is 2. The van der Waals surface area contributed by atoms with Gasteiger partial charge in [-0.3, -0.25) is 9.59 Å². The minimum atomic E-state index is -0.591. The summed E-state index contributed by atoms with van der Waals surface area (Å²) in [5.41, 5.74) is 2.16. The molecule has 1 aliphatic heterocycles. The number of carbonyl (C=O) groups excluding carboxylic acids is 2. The van der Waals surface area contributed by atoms with Gasteiger partial charge < -0.3 is 15.0 Å². The van der Waals surface area contributed by atoms with Gasteiger partial charge in [0.15, 0.2) is 0 Å². The molecule has 1 N–H and O–H groups in total. The summed E-state index contributed by atoms with van der Waals surface area (Å²) in [7, 11) is 0. The van der Waals surface area contributed by atoms with Gasteiger partial charge in [-0.1, -0.05) is 30.3 Å². The molecule has 0 bridgehead atoms. The van der Waals surface area contributed by atoms with Crippen molar-refractivity contribution >= 4 is 23.2 Å². The van der Waals surface area contributed by atoms with Crippen molar-refractivity contribution in [3.63, 3.8) is 0 Å². The maximum Gasteiger partial charge on any atom is 0.249 e. The second-order valence-electron chi connectivity index (χ2n) is 5.78. The van der Waals surface area contributed by atoms with Crippen LogP contribution in [-0.2, 0) is 27.4 Å². The summed E-state index contributed by atoms with van der Waals surface area (Å²) in [4.78, 5) is 27.5. The molecule has 126 valence electrons. The number of hydrogen-bond donors (Lipinski definition) is 1. The molecule has 1 saturated heterocycles. The Hall–Kier alpha value is -2.18. The van der Waals surface area contributed by atoms with Crippen molar-refractivity contribution in [2.75, 3.05) is 13.2 Å². The van der Waals surface area contributed by atoms with E-state index in [1.165, 1.54) is 0 Å². The van der Waals surface area contributed by atoms with Crippen molar-refractivity contribution in [1.82, 2.24) is 10.2 Å². The van der Waals surface area contributed by atoms with Crippen molar-refractivity contribution < 1.29 is 14.3 Å². The number of hydrogen-bond acceptors (Lipinski definition) is 4. The first-order valence-electron chi connectivity index (χ1n) is 7.87. The maximum atomic E-state index is 12.6. The van der Waals surface area contributed by atoms with Crippen LogP contribution in [-0.4, -0.2) is 36.0 Å². The number of thiophene rings is 1. The van der Waals surface area contributed by atoms with Crippen LogP contribution in [0.1, 0.15) is 16.0 Å². The number of ether oxygens (including phenoxy) is 1. The van der Waals surface area contributed by atoms with Crippen molar-refractivity contribution in [3.8, 4) is 0 Å². The molecule has 2 aromatic rings. The zero-order valence-corrected chi connectivity index (χ0v) is 14.3. The number of nitrogens with one attached hydrogen (secondary N) is 1. The summed E-state index contributed by atoms with van der Waals surface area (Å²) in [6.07, 6.45) is 0. The molecular weight excluding hydrogens is 324 g/mol. The molecule has 0 aliphatic carbocycles. The third-order valence-electron chi connectivity index (χ3n) is 4.09. The Labute approximate surface area is 145 Å². The topological polar surface area (TPSA) is 58.6 Å². The van der Waals surface area contributed by atoms with Crippen LogP contribution >= 0.6 is 11.3 Å². The summed E-state index contributed by atoms with van der Waals surface area (Å²) < 4.78 is 5.29. The Bertz CT molecular complexity index is 714. The summed E-state index contributed by atoms with van der Waals surface area (Å²) >= 11 is 1.62. The van der Waals surface area contributed by atoms with Gasteiger partial charge in [-0.15, -0.1) is 11.3 Å². The number of aryl methyl sites for hydroxylation is 1. The molecule has 1 aliphatic rings. The minimum Gasteiger partial charge on any atom is -0.369 e.